The first kappa shape index (κ1) is 14.5. The van der Waals surface area contributed by atoms with E-state index in [1.54, 1.807) is 56.6 Å². The van der Waals surface area contributed by atoms with Gasteiger partial charge in [-0.05, 0) is 29.8 Å². The number of rotatable bonds is 2. The van der Waals surface area contributed by atoms with Crippen molar-refractivity contribution in [2.75, 3.05) is 7.11 Å². The molecule has 0 aliphatic rings. The van der Waals surface area contributed by atoms with Crippen LogP contribution in [0.5, 0.6) is 11.5 Å². The Morgan fingerprint density at radius 1 is 1.14 bits per heavy atom. The van der Waals surface area contributed by atoms with Crippen LogP contribution in [0.2, 0.25) is 5.02 Å². The van der Waals surface area contributed by atoms with Gasteiger partial charge in [0, 0.05) is 23.5 Å². The average molecular weight is 316 g/mol. The molecule has 1 aromatic heterocycles. The summed E-state index contributed by atoms with van der Waals surface area (Å²) in [6.45, 7) is 0. The van der Waals surface area contributed by atoms with Gasteiger partial charge in [-0.1, -0.05) is 23.7 Å². The molecule has 0 unspecified atom stereocenters. The van der Waals surface area contributed by atoms with Crippen molar-refractivity contribution in [3.05, 3.63) is 57.8 Å². The van der Waals surface area contributed by atoms with Gasteiger partial charge in [0.05, 0.1) is 18.2 Å². The first-order valence-corrected chi connectivity index (χ1v) is 7.06. The molecule has 22 heavy (non-hydrogen) atoms. The summed E-state index contributed by atoms with van der Waals surface area (Å²) in [5.74, 6) is 0.587. The molecule has 0 amide bonds. The van der Waals surface area contributed by atoms with Crippen LogP contribution >= 0.6 is 11.6 Å². The molecule has 0 bridgehead atoms. The van der Waals surface area contributed by atoms with Crippen molar-refractivity contribution in [2.24, 2.45) is 7.05 Å². The fourth-order valence-electron chi connectivity index (χ4n) is 2.51. The third-order valence-corrected chi connectivity index (χ3v) is 3.96. The maximum absolute atomic E-state index is 12.6. The van der Waals surface area contributed by atoms with Crippen molar-refractivity contribution in [3.63, 3.8) is 0 Å². The van der Waals surface area contributed by atoms with Crippen LogP contribution in [-0.4, -0.2) is 16.8 Å². The van der Waals surface area contributed by atoms with Gasteiger partial charge in [0.25, 0.3) is 5.56 Å². The monoisotopic (exact) mass is 315 g/mol. The summed E-state index contributed by atoms with van der Waals surface area (Å²) >= 11 is 5.88. The predicted octanol–water partition coefficient (Wildman–Crippen LogP) is 3.57. The summed E-state index contributed by atoms with van der Waals surface area (Å²) in [5.41, 5.74) is 1.22. The number of pyridine rings is 1. The lowest BCUT2D eigenvalue weighted by Gasteiger charge is -2.13. The molecule has 0 spiro atoms. The van der Waals surface area contributed by atoms with Crippen molar-refractivity contribution in [3.8, 4) is 22.6 Å². The molecule has 5 heteroatoms. The number of methoxy groups -OCH3 is 1. The minimum atomic E-state index is -0.277. The van der Waals surface area contributed by atoms with Crippen molar-refractivity contribution >= 4 is 22.5 Å². The molecule has 0 fully saturated rings. The summed E-state index contributed by atoms with van der Waals surface area (Å²) in [6, 6.07) is 12.0. The van der Waals surface area contributed by atoms with Crippen LogP contribution in [0.25, 0.3) is 22.0 Å². The SMILES string of the molecule is COc1ccc2c(O)c(-c3ccc(Cl)cc3)c(=O)n(C)c2c1. The molecular formula is C17H14ClNO3. The number of aromatic hydroxyl groups is 1. The van der Waals surface area contributed by atoms with Gasteiger partial charge in [-0.2, -0.15) is 0 Å². The molecule has 0 atom stereocenters. The number of nitrogens with zero attached hydrogens (tertiary/aromatic N) is 1. The Kier molecular flexibility index (Phi) is 3.54. The summed E-state index contributed by atoms with van der Waals surface area (Å²) < 4.78 is 6.67. The van der Waals surface area contributed by atoms with Crippen LogP contribution in [0.3, 0.4) is 0 Å². The predicted molar refractivity (Wildman–Crippen MR) is 87.9 cm³/mol. The second-order valence-corrected chi connectivity index (χ2v) is 5.41. The van der Waals surface area contributed by atoms with Crippen molar-refractivity contribution in [2.45, 2.75) is 0 Å². The molecule has 0 aliphatic carbocycles. The molecule has 3 aromatic rings. The Morgan fingerprint density at radius 2 is 1.82 bits per heavy atom. The summed E-state index contributed by atoms with van der Waals surface area (Å²) in [7, 11) is 3.23. The Labute approximate surface area is 132 Å². The van der Waals surface area contributed by atoms with Crippen LogP contribution in [0.4, 0.5) is 0 Å². The number of aryl methyl sites for hydroxylation is 1. The van der Waals surface area contributed by atoms with Crippen LogP contribution in [0.15, 0.2) is 47.3 Å². The smallest absolute Gasteiger partial charge is 0.262 e. The molecular weight excluding hydrogens is 302 g/mol. The van der Waals surface area contributed by atoms with E-state index in [-0.39, 0.29) is 16.9 Å². The topological polar surface area (TPSA) is 51.5 Å². The lowest BCUT2D eigenvalue weighted by atomic mass is 10.0. The number of ether oxygens (including phenoxy) is 1. The van der Waals surface area contributed by atoms with E-state index in [0.717, 1.165) is 0 Å². The minimum absolute atomic E-state index is 0.0388. The second kappa shape index (κ2) is 5.39. The first-order valence-electron chi connectivity index (χ1n) is 6.68. The molecule has 4 nitrogen and oxygen atoms in total. The lowest BCUT2D eigenvalue weighted by molar-refractivity contribution is 0.415. The standard InChI is InChI=1S/C17H14ClNO3/c1-19-14-9-12(22-2)7-8-13(14)16(20)15(17(19)21)10-3-5-11(18)6-4-10/h3-9,20H,1-2H3. The zero-order chi connectivity index (χ0) is 15.9. The van der Waals surface area contributed by atoms with E-state index in [2.05, 4.69) is 0 Å². The van der Waals surface area contributed by atoms with Crippen LogP contribution in [0.1, 0.15) is 0 Å². The van der Waals surface area contributed by atoms with E-state index in [4.69, 9.17) is 16.3 Å². The lowest BCUT2D eigenvalue weighted by Crippen LogP contribution is -2.19. The second-order valence-electron chi connectivity index (χ2n) is 4.98. The fraction of sp³-hybridized carbons (Fsp3) is 0.118. The highest BCUT2D eigenvalue weighted by atomic mass is 35.5. The Balaban J connectivity index is 2.37. The average Bonchev–Trinajstić information content (AvgIpc) is 2.54. The normalized spacial score (nSPS) is 10.9. The molecule has 0 aliphatic heterocycles. The number of hydrogen-bond donors (Lipinski definition) is 1. The minimum Gasteiger partial charge on any atom is -0.506 e. The zero-order valence-electron chi connectivity index (χ0n) is 12.1. The number of halogens is 1. The molecule has 3 rings (SSSR count). The van der Waals surface area contributed by atoms with Crippen LogP contribution in [-0.2, 0) is 7.05 Å². The Morgan fingerprint density at radius 3 is 2.45 bits per heavy atom. The summed E-state index contributed by atoms with van der Waals surface area (Å²) in [5, 5.41) is 11.7. The van der Waals surface area contributed by atoms with E-state index in [0.29, 0.717) is 27.2 Å². The maximum atomic E-state index is 12.6. The van der Waals surface area contributed by atoms with Gasteiger partial charge in [0.15, 0.2) is 0 Å². The first-order chi connectivity index (χ1) is 10.5. The maximum Gasteiger partial charge on any atom is 0.262 e. The van der Waals surface area contributed by atoms with Gasteiger partial charge in [-0.25, -0.2) is 0 Å². The van der Waals surface area contributed by atoms with E-state index < -0.39 is 0 Å². The van der Waals surface area contributed by atoms with Crippen LogP contribution < -0.4 is 10.3 Å². The molecule has 1 N–H and O–H groups in total. The molecule has 2 aromatic carbocycles. The van der Waals surface area contributed by atoms with E-state index in [1.807, 2.05) is 0 Å². The molecule has 0 radical (unpaired) electrons. The third kappa shape index (κ3) is 2.22. The van der Waals surface area contributed by atoms with E-state index >= 15 is 0 Å². The van der Waals surface area contributed by atoms with Gasteiger partial charge in [0.1, 0.15) is 11.5 Å². The molecule has 0 saturated carbocycles. The molecule has 112 valence electrons. The molecule has 0 saturated heterocycles. The summed E-state index contributed by atoms with van der Waals surface area (Å²) in [4.78, 5) is 12.6. The van der Waals surface area contributed by atoms with Gasteiger partial charge in [-0.15, -0.1) is 0 Å². The largest absolute Gasteiger partial charge is 0.506 e. The molecule has 1 heterocycles. The quantitative estimate of drug-likeness (QED) is 0.786. The number of aromatic nitrogens is 1. The highest BCUT2D eigenvalue weighted by Gasteiger charge is 2.16. The van der Waals surface area contributed by atoms with Crippen molar-refractivity contribution in [1.82, 2.24) is 4.57 Å². The van der Waals surface area contributed by atoms with E-state index in [9.17, 15) is 9.90 Å². The highest BCUT2D eigenvalue weighted by molar-refractivity contribution is 6.30. The number of hydrogen-bond acceptors (Lipinski definition) is 3. The van der Waals surface area contributed by atoms with E-state index in [1.165, 1.54) is 4.57 Å². The van der Waals surface area contributed by atoms with Gasteiger partial charge >= 0.3 is 0 Å². The summed E-state index contributed by atoms with van der Waals surface area (Å²) in [6.07, 6.45) is 0. The van der Waals surface area contributed by atoms with Gasteiger partial charge in [-0.3, -0.25) is 4.79 Å². The number of fused-ring (bicyclic) bond motifs is 1. The van der Waals surface area contributed by atoms with Gasteiger partial charge in [0.2, 0.25) is 0 Å². The van der Waals surface area contributed by atoms with Crippen molar-refractivity contribution in [1.29, 1.82) is 0 Å². The van der Waals surface area contributed by atoms with Crippen LogP contribution in [0, 0.1) is 0 Å². The fourth-order valence-corrected chi connectivity index (χ4v) is 2.63. The Hall–Kier alpha value is -2.46. The Bertz CT molecular complexity index is 914. The van der Waals surface area contributed by atoms with Gasteiger partial charge < -0.3 is 14.4 Å². The zero-order valence-corrected chi connectivity index (χ0v) is 12.9. The highest BCUT2D eigenvalue weighted by Crippen LogP contribution is 2.34. The number of benzene rings is 2. The van der Waals surface area contributed by atoms with Crippen molar-refractivity contribution < 1.29 is 9.84 Å². The third-order valence-electron chi connectivity index (χ3n) is 3.71.